The van der Waals surface area contributed by atoms with Crippen molar-refractivity contribution in [2.45, 2.75) is 52.2 Å². The number of rotatable bonds is 7. The van der Waals surface area contributed by atoms with E-state index in [0.717, 1.165) is 37.3 Å². The summed E-state index contributed by atoms with van der Waals surface area (Å²) in [4.78, 5) is 14.8. The highest BCUT2D eigenvalue weighted by atomic mass is 19.1. The van der Waals surface area contributed by atoms with Crippen LogP contribution in [0.4, 0.5) is 10.1 Å². The Morgan fingerprint density at radius 1 is 1.12 bits per heavy atom. The molecule has 6 nitrogen and oxygen atoms in total. The van der Waals surface area contributed by atoms with Crippen molar-refractivity contribution in [3.63, 3.8) is 0 Å². The normalized spacial score (nSPS) is 15.4. The van der Waals surface area contributed by atoms with E-state index < -0.39 is 0 Å². The minimum Gasteiger partial charge on any atom is -0.371 e. The van der Waals surface area contributed by atoms with E-state index >= 15 is 0 Å². The number of aromatic nitrogens is 2. The zero-order valence-electron chi connectivity index (χ0n) is 20.4. The summed E-state index contributed by atoms with van der Waals surface area (Å²) in [6.07, 6.45) is 2.13. The van der Waals surface area contributed by atoms with Gasteiger partial charge in [0.2, 0.25) is 0 Å². The lowest BCUT2D eigenvalue weighted by molar-refractivity contribution is 0.0950. The Hall–Kier alpha value is -3.19. The summed E-state index contributed by atoms with van der Waals surface area (Å²) < 4.78 is 15.7. The van der Waals surface area contributed by atoms with Crippen LogP contribution in [-0.4, -0.2) is 34.8 Å². The predicted octanol–water partition coefficient (Wildman–Crippen LogP) is 4.43. The molecule has 1 aliphatic heterocycles. The molecule has 4 rings (SSSR count). The number of benzene rings is 2. The Labute approximate surface area is 201 Å². The van der Waals surface area contributed by atoms with Crippen LogP contribution in [0.25, 0.3) is 0 Å². The molecule has 1 aliphatic rings. The van der Waals surface area contributed by atoms with Gasteiger partial charge in [0.15, 0.2) is 0 Å². The van der Waals surface area contributed by atoms with E-state index in [1.165, 1.54) is 17.3 Å². The van der Waals surface area contributed by atoms with Gasteiger partial charge in [0.05, 0.1) is 5.69 Å². The third kappa shape index (κ3) is 5.30. The maximum atomic E-state index is 13.8. The first-order valence-electron chi connectivity index (χ1n) is 12.0. The van der Waals surface area contributed by atoms with E-state index in [0.29, 0.717) is 17.2 Å². The highest BCUT2D eigenvalue weighted by Gasteiger charge is 2.23. The predicted molar refractivity (Wildman–Crippen MR) is 133 cm³/mol. The molecule has 0 radical (unpaired) electrons. The highest BCUT2D eigenvalue weighted by Crippen LogP contribution is 2.25. The molecule has 1 aromatic heterocycles. The molecule has 3 aromatic rings. The Kier molecular flexibility index (Phi) is 7.32. The number of nitrogens with one attached hydrogen (secondary N) is 2. The molecule has 180 valence electrons. The second-order valence-electron chi connectivity index (χ2n) is 9.18. The molecule has 1 fully saturated rings. The van der Waals surface area contributed by atoms with Crippen LogP contribution in [0, 0.1) is 19.7 Å². The molecule has 0 unspecified atom stereocenters. The SMILES string of the molecule is Cc1nn(C)c(C)c1[C@@H](C)NC1CCN(c2ccc(C(=O)NCc3ccccc3F)cc2)CC1. The zero-order chi connectivity index (χ0) is 24.2. The Balaban J connectivity index is 1.28. The molecule has 0 bridgehead atoms. The molecular weight excluding hydrogens is 429 g/mol. The number of amides is 1. The summed E-state index contributed by atoms with van der Waals surface area (Å²) in [6.45, 7) is 8.53. The summed E-state index contributed by atoms with van der Waals surface area (Å²) in [5.41, 5.74) is 5.79. The van der Waals surface area contributed by atoms with Crippen molar-refractivity contribution in [1.29, 1.82) is 0 Å². The number of nitrogens with zero attached hydrogens (tertiary/aromatic N) is 3. The first-order chi connectivity index (χ1) is 16.3. The number of halogens is 1. The van der Waals surface area contributed by atoms with Gasteiger partial charge in [0.1, 0.15) is 5.82 Å². The monoisotopic (exact) mass is 463 g/mol. The maximum absolute atomic E-state index is 13.8. The van der Waals surface area contributed by atoms with Gasteiger partial charge in [-0.25, -0.2) is 4.39 Å². The number of hydrogen-bond acceptors (Lipinski definition) is 4. The van der Waals surface area contributed by atoms with Crippen LogP contribution in [0.3, 0.4) is 0 Å². The van der Waals surface area contributed by atoms with Crippen LogP contribution in [0.15, 0.2) is 48.5 Å². The molecule has 2 heterocycles. The standard InChI is InChI=1S/C27H34FN5O/c1-18(26-19(2)31-32(4)20(26)3)30-23-13-15-33(16-14-23)24-11-9-21(10-12-24)27(34)29-17-22-7-5-6-8-25(22)28/h5-12,18,23,30H,13-17H2,1-4H3,(H,29,34)/t18-/m1/s1. The van der Waals surface area contributed by atoms with Crippen molar-refractivity contribution in [2.75, 3.05) is 18.0 Å². The Morgan fingerprint density at radius 2 is 1.79 bits per heavy atom. The average molecular weight is 464 g/mol. The van der Waals surface area contributed by atoms with Crippen LogP contribution in [0.2, 0.25) is 0 Å². The zero-order valence-corrected chi connectivity index (χ0v) is 20.4. The molecule has 0 spiro atoms. The molecule has 0 aliphatic carbocycles. The number of carbonyl (C=O) groups is 1. The molecule has 2 aromatic carbocycles. The fraction of sp³-hybridized carbons (Fsp3) is 0.407. The third-order valence-electron chi connectivity index (χ3n) is 6.87. The van der Waals surface area contributed by atoms with Gasteiger partial charge in [0, 0.05) is 66.8 Å². The molecule has 0 saturated carbocycles. The molecule has 1 atom stereocenters. The second-order valence-corrected chi connectivity index (χ2v) is 9.18. The maximum Gasteiger partial charge on any atom is 0.251 e. The molecule has 34 heavy (non-hydrogen) atoms. The van der Waals surface area contributed by atoms with Crippen molar-refractivity contribution in [1.82, 2.24) is 20.4 Å². The average Bonchev–Trinajstić information content (AvgIpc) is 3.10. The van der Waals surface area contributed by atoms with E-state index in [4.69, 9.17) is 0 Å². The van der Waals surface area contributed by atoms with Gasteiger partial charge < -0.3 is 15.5 Å². The summed E-state index contributed by atoms with van der Waals surface area (Å²) in [5.74, 6) is -0.510. The van der Waals surface area contributed by atoms with Crippen LogP contribution in [-0.2, 0) is 13.6 Å². The quantitative estimate of drug-likeness (QED) is 0.544. The van der Waals surface area contributed by atoms with Crippen molar-refractivity contribution in [3.05, 3.63) is 82.4 Å². The third-order valence-corrected chi connectivity index (χ3v) is 6.87. The molecule has 1 amide bonds. The molecule has 2 N–H and O–H groups in total. The second kappa shape index (κ2) is 10.4. The number of anilines is 1. The minimum atomic E-state index is -0.309. The van der Waals surface area contributed by atoms with Crippen molar-refractivity contribution in [3.8, 4) is 0 Å². The van der Waals surface area contributed by atoms with Gasteiger partial charge in [-0.3, -0.25) is 9.48 Å². The highest BCUT2D eigenvalue weighted by molar-refractivity contribution is 5.94. The number of hydrogen-bond donors (Lipinski definition) is 2. The van der Waals surface area contributed by atoms with Gasteiger partial charge in [-0.2, -0.15) is 5.10 Å². The first kappa shape index (κ1) is 24.0. The van der Waals surface area contributed by atoms with E-state index in [2.05, 4.69) is 41.4 Å². The van der Waals surface area contributed by atoms with Gasteiger partial charge in [-0.05, 0) is 63.9 Å². The van der Waals surface area contributed by atoms with Crippen molar-refractivity contribution in [2.24, 2.45) is 7.05 Å². The van der Waals surface area contributed by atoms with Gasteiger partial charge >= 0.3 is 0 Å². The topological polar surface area (TPSA) is 62.2 Å². The van der Waals surface area contributed by atoms with Crippen LogP contribution < -0.4 is 15.5 Å². The summed E-state index contributed by atoms with van der Waals surface area (Å²) in [6, 6.07) is 14.9. The van der Waals surface area contributed by atoms with E-state index in [1.54, 1.807) is 18.2 Å². The van der Waals surface area contributed by atoms with Gasteiger partial charge in [-0.15, -0.1) is 0 Å². The lowest BCUT2D eigenvalue weighted by Gasteiger charge is -2.35. The van der Waals surface area contributed by atoms with Crippen LogP contribution >= 0.6 is 0 Å². The van der Waals surface area contributed by atoms with Crippen LogP contribution in [0.5, 0.6) is 0 Å². The minimum absolute atomic E-state index is 0.171. The summed E-state index contributed by atoms with van der Waals surface area (Å²) in [5, 5.41) is 11.1. The van der Waals surface area contributed by atoms with E-state index in [1.807, 2.05) is 36.0 Å². The number of aryl methyl sites for hydroxylation is 2. The fourth-order valence-electron chi connectivity index (χ4n) is 4.90. The Bertz CT molecular complexity index is 1130. The lowest BCUT2D eigenvalue weighted by Crippen LogP contribution is -2.43. The smallest absolute Gasteiger partial charge is 0.251 e. The van der Waals surface area contributed by atoms with Crippen molar-refractivity contribution < 1.29 is 9.18 Å². The number of carbonyl (C=O) groups excluding carboxylic acids is 1. The lowest BCUT2D eigenvalue weighted by atomic mass is 10.00. The molecule has 7 heteroatoms. The Morgan fingerprint density at radius 3 is 2.41 bits per heavy atom. The van der Waals surface area contributed by atoms with Gasteiger partial charge in [0.25, 0.3) is 5.91 Å². The summed E-state index contributed by atoms with van der Waals surface area (Å²) >= 11 is 0. The largest absolute Gasteiger partial charge is 0.371 e. The van der Waals surface area contributed by atoms with Crippen LogP contribution in [0.1, 0.15) is 58.7 Å². The number of piperidine rings is 1. The first-order valence-corrected chi connectivity index (χ1v) is 12.0. The molecule has 1 saturated heterocycles. The molecular formula is C27H34FN5O. The summed E-state index contributed by atoms with van der Waals surface area (Å²) in [7, 11) is 2.00. The van der Waals surface area contributed by atoms with Crippen molar-refractivity contribution >= 4 is 11.6 Å². The van der Waals surface area contributed by atoms with Gasteiger partial charge in [-0.1, -0.05) is 18.2 Å². The van der Waals surface area contributed by atoms with E-state index in [-0.39, 0.29) is 24.3 Å². The fourth-order valence-corrected chi connectivity index (χ4v) is 4.90. The van der Waals surface area contributed by atoms with E-state index in [9.17, 15) is 9.18 Å².